The lowest BCUT2D eigenvalue weighted by molar-refractivity contribution is -0.127. The Morgan fingerprint density at radius 1 is 1.12 bits per heavy atom. The first-order valence-electron chi connectivity index (χ1n) is 7.25. The van der Waals surface area contributed by atoms with Crippen LogP contribution in [0.3, 0.4) is 0 Å². The van der Waals surface area contributed by atoms with Crippen LogP contribution in [0.2, 0.25) is 0 Å². The summed E-state index contributed by atoms with van der Waals surface area (Å²) >= 11 is 0. The van der Waals surface area contributed by atoms with Gasteiger partial charge in [-0.1, -0.05) is 12.1 Å². The van der Waals surface area contributed by atoms with Crippen LogP contribution >= 0.6 is 0 Å². The van der Waals surface area contributed by atoms with Gasteiger partial charge in [0.1, 0.15) is 0 Å². The molecule has 9 heteroatoms. The first-order chi connectivity index (χ1) is 11.3. The molecule has 0 bridgehead atoms. The van der Waals surface area contributed by atoms with Crippen LogP contribution in [0.15, 0.2) is 24.3 Å². The highest BCUT2D eigenvalue weighted by Crippen LogP contribution is 2.07. The van der Waals surface area contributed by atoms with Crippen molar-refractivity contribution >= 4 is 23.9 Å². The van der Waals surface area contributed by atoms with Crippen molar-refractivity contribution in [3.63, 3.8) is 0 Å². The summed E-state index contributed by atoms with van der Waals surface area (Å²) < 4.78 is 4.99. The molecule has 0 heterocycles. The number of hydrogen-bond acceptors (Lipinski definition) is 5. The molecule has 0 aromatic heterocycles. The van der Waals surface area contributed by atoms with E-state index in [0.29, 0.717) is 6.54 Å². The van der Waals surface area contributed by atoms with E-state index in [0.717, 1.165) is 5.56 Å². The van der Waals surface area contributed by atoms with Gasteiger partial charge in [0.25, 0.3) is 5.91 Å². The Morgan fingerprint density at radius 2 is 1.75 bits per heavy atom. The van der Waals surface area contributed by atoms with E-state index in [4.69, 9.17) is 10.5 Å². The maximum atomic E-state index is 12.0. The minimum Gasteiger partial charge on any atom is -0.449 e. The lowest BCUT2D eigenvalue weighted by Gasteiger charge is -2.13. The number of benzene rings is 1. The van der Waals surface area contributed by atoms with Crippen molar-refractivity contribution in [2.45, 2.75) is 26.5 Å². The van der Waals surface area contributed by atoms with Crippen molar-refractivity contribution in [2.24, 2.45) is 5.73 Å². The van der Waals surface area contributed by atoms with Crippen molar-refractivity contribution in [1.29, 1.82) is 0 Å². The molecular formula is C15H20N4O5. The molecule has 0 saturated heterocycles. The summed E-state index contributed by atoms with van der Waals surface area (Å²) in [6.07, 6.45) is -1.13. The van der Waals surface area contributed by atoms with Crippen LogP contribution in [0.25, 0.3) is 0 Å². The summed E-state index contributed by atoms with van der Waals surface area (Å²) in [5, 5.41) is 6.87. The van der Waals surface area contributed by atoms with Gasteiger partial charge in [0.15, 0.2) is 6.10 Å². The molecule has 1 aromatic carbocycles. The molecule has 0 fully saturated rings. The van der Waals surface area contributed by atoms with Gasteiger partial charge in [0.2, 0.25) is 0 Å². The Hall–Kier alpha value is -3.10. The van der Waals surface area contributed by atoms with E-state index in [1.54, 1.807) is 19.1 Å². The Labute approximate surface area is 138 Å². The fraction of sp³-hybridized carbons (Fsp3) is 0.333. The molecule has 0 saturated carbocycles. The predicted octanol–water partition coefficient (Wildman–Crippen LogP) is 0.246. The third-order valence-electron chi connectivity index (χ3n) is 2.88. The first-order valence-corrected chi connectivity index (χ1v) is 7.25. The fourth-order valence-electron chi connectivity index (χ4n) is 1.65. The zero-order valence-electron chi connectivity index (χ0n) is 13.4. The molecule has 1 unspecified atom stereocenters. The maximum absolute atomic E-state index is 12.0. The number of carbonyl (C=O) groups excluding carboxylic acids is 4. The van der Waals surface area contributed by atoms with E-state index < -0.39 is 30.0 Å². The Balaban J connectivity index is 2.56. The minimum atomic E-state index is -1.13. The summed E-state index contributed by atoms with van der Waals surface area (Å²) in [6.45, 7) is 3.66. The third-order valence-corrected chi connectivity index (χ3v) is 2.88. The van der Waals surface area contributed by atoms with Crippen molar-refractivity contribution in [1.82, 2.24) is 16.0 Å². The summed E-state index contributed by atoms with van der Waals surface area (Å²) in [6, 6.07) is 4.92. The maximum Gasteiger partial charge on any atom is 0.338 e. The third kappa shape index (κ3) is 6.34. The Morgan fingerprint density at radius 3 is 2.29 bits per heavy atom. The molecule has 5 amide bonds. The number of urea groups is 2. The van der Waals surface area contributed by atoms with E-state index in [1.165, 1.54) is 19.1 Å². The second-order valence-electron chi connectivity index (χ2n) is 4.81. The summed E-state index contributed by atoms with van der Waals surface area (Å²) in [5.41, 5.74) is 5.94. The van der Waals surface area contributed by atoms with Gasteiger partial charge in [-0.05, 0) is 31.5 Å². The molecular weight excluding hydrogens is 316 g/mol. The van der Waals surface area contributed by atoms with Gasteiger partial charge >= 0.3 is 18.0 Å². The van der Waals surface area contributed by atoms with Gasteiger partial charge in [0.05, 0.1) is 5.56 Å². The molecule has 0 spiro atoms. The van der Waals surface area contributed by atoms with Crippen LogP contribution in [0.1, 0.15) is 29.8 Å². The molecule has 0 aliphatic rings. The van der Waals surface area contributed by atoms with E-state index in [2.05, 4.69) is 16.0 Å². The number of imide groups is 1. The zero-order valence-corrected chi connectivity index (χ0v) is 13.4. The van der Waals surface area contributed by atoms with Crippen molar-refractivity contribution in [3.05, 3.63) is 35.4 Å². The number of carbonyl (C=O) groups is 4. The number of amides is 5. The van der Waals surface area contributed by atoms with Crippen LogP contribution in [0.5, 0.6) is 0 Å². The van der Waals surface area contributed by atoms with Crippen LogP contribution in [0, 0.1) is 0 Å². The fourth-order valence-corrected chi connectivity index (χ4v) is 1.65. The Bertz CT molecular complexity index is 615. The molecule has 1 aromatic rings. The highest BCUT2D eigenvalue weighted by atomic mass is 16.5. The standard InChI is InChI=1S/C15H20N4O5/c1-3-17-15(23)19-12(20)9(2)24-13(21)11-6-4-10(5-7-11)8-18-14(16)22/h4-7,9H,3,8H2,1-2H3,(H3,16,18,22)(H2,17,19,20,23). The topological polar surface area (TPSA) is 140 Å². The zero-order chi connectivity index (χ0) is 18.1. The molecule has 9 nitrogen and oxygen atoms in total. The summed E-state index contributed by atoms with van der Waals surface area (Å²) in [7, 11) is 0. The van der Waals surface area contributed by atoms with Gasteiger partial charge in [-0.3, -0.25) is 10.1 Å². The molecule has 5 N–H and O–H groups in total. The quantitative estimate of drug-likeness (QED) is 0.551. The predicted molar refractivity (Wildman–Crippen MR) is 85.0 cm³/mol. The number of nitrogens with one attached hydrogen (secondary N) is 3. The number of rotatable bonds is 6. The van der Waals surface area contributed by atoms with Gasteiger partial charge in [-0.15, -0.1) is 0 Å². The minimum absolute atomic E-state index is 0.232. The largest absolute Gasteiger partial charge is 0.449 e. The highest BCUT2D eigenvalue weighted by Gasteiger charge is 2.20. The lowest BCUT2D eigenvalue weighted by atomic mass is 10.1. The summed E-state index contributed by atoms with van der Waals surface area (Å²) in [5.74, 6) is -1.43. The molecule has 0 aliphatic heterocycles. The number of primary amides is 1. The van der Waals surface area contributed by atoms with Gasteiger partial charge in [-0.25, -0.2) is 14.4 Å². The normalized spacial score (nSPS) is 11.1. The monoisotopic (exact) mass is 336 g/mol. The SMILES string of the molecule is CCNC(=O)NC(=O)C(C)OC(=O)c1ccc(CNC(N)=O)cc1. The van der Waals surface area contributed by atoms with Crippen molar-refractivity contribution < 1.29 is 23.9 Å². The number of ether oxygens (including phenoxy) is 1. The average molecular weight is 336 g/mol. The molecule has 130 valence electrons. The molecule has 24 heavy (non-hydrogen) atoms. The van der Waals surface area contributed by atoms with Crippen LogP contribution in [0.4, 0.5) is 9.59 Å². The molecule has 1 rings (SSSR count). The number of hydrogen-bond donors (Lipinski definition) is 4. The molecule has 1 atom stereocenters. The first kappa shape index (κ1) is 18.9. The van der Waals surface area contributed by atoms with Crippen LogP contribution in [-0.2, 0) is 16.1 Å². The van der Waals surface area contributed by atoms with E-state index in [9.17, 15) is 19.2 Å². The molecule has 0 aliphatic carbocycles. The van der Waals surface area contributed by atoms with E-state index in [-0.39, 0.29) is 12.1 Å². The lowest BCUT2D eigenvalue weighted by Crippen LogP contribution is -2.44. The molecule has 0 radical (unpaired) electrons. The van der Waals surface area contributed by atoms with E-state index >= 15 is 0 Å². The smallest absolute Gasteiger partial charge is 0.338 e. The van der Waals surface area contributed by atoms with Gasteiger partial charge < -0.3 is 21.1 Å². The van der Waals surface area contributed by atoms with Crippen molar-refractivity contribution in [2.75, 3.05) is 6.54 Å². The summed E-state index contributed by atoms with van der Waals surface area (Å²) in [4.78, 5) is 45.5. The van der Waals surface area contributed by atoms with E-state index in [1.807, 2.05) is 0 Å². The number of nitrogens with two attached hydrogens (primary N) is 1. The average Bonchev–Trinajstić information content (AvgIpc) is 2.53. The second kappa shape index (κ2) is 9.13. The second-order valence-corrected chi connectivity index (χ2v) is 4.81. The highest BCUT2D eigenvalue weighted by molar-refractivity contribution is 5.98. The van der Waals surface area contributed by atoms with Crippen molar-refractivity contribution in [3.8, 4) is 0 Å². The van der Waals surface area contributed by atoms with Crippen LogP contribution < -0.4 is 21.7 Å². The van der Waals surface area contributed by atoms with Gasteiger partial charge in [0, 0.05) is 13.1 Å². The van der Waals surface area contributed by atoms with Crippen LogP contribution in [-0.4, -0.2) is 36.6 Å². The number of esters is 1. The Kier molecular flexibility index (Phi) is 7.21. The van der Waals surface area contributed by atoms with Gasteiger partial charge in [-0.2, -0.15) is 0 Å².